The van der Waals surface area contributed by atoms with Gasteiger partial charge in [-0.1, -0.05) is 19.8 Å². The summed E-state index contributed by atoms with van der Waals surface area (Å²) in [6.45, 7) is 10.1. The van der Waals surface area contributed by atoms with Crippen molar-refractivity contribution in [1.82, 2.24) is 25.8 Å². The van der Waals surface area contributed by atoms with E-state index < -0.39 is 0 Å². The number of amides is 1. The summed E-state index contributed by atoms with van der Waals surface area (Å²) in [6.07, 6.45) is 8.52. The highest BCUT2D eigenvalue weighted by Gasteiger charge is 2.22. The first kappa shape index (κ1) is 22.9. The molecule has 162 valence electrons. The van der Waals surface area contributed by atoms with Gasteiger partial charge < -0.3 is 20.9 Å². The van der Waals surface area contributed by atoms with Crippen molar-refractivity contribution in [3.8, 4) is 0 Å². The zero-order valence-electron chi connectivity index (χ0n) is 18.3. The summed E-state index contributed by atoms with van der Waals surface area (Å²) in [7, 11) is 2.23. The number of likely N-dealkylation sites (N-methyl/N-ethyl adjacent to an activating group) is 1. The Morgan fingerprint density at radius 3 is 2.46 bits per heavy atom. The molecule has 0 spiro atoms. The number of likely N-dealkylation sites (tertiary alicyclic amines) is 1. The molecule has 0 unspecified atom stereocenters. The molecule has 1 heterocycles. The molecule has 28 heavy (non-hydrogen) atoms. The molecule has 0 bridgehead atoms. The lowest BCUT2D eigenvalue weighted by molar-refractivity contribution is -0.122. The minimum atomic E-state index is 0.148. The van der Waals surface area contributed by atoms with Crippen LogP contribution in [-0.4, -0.2) is 86.6 Å². The minimum Gasteiger partial charge on any atom is -0.357 e. The average molecular weight is 395 g/mol. The molecular weight excluding hydrogens is 352 g/mol. The van der Waals surface area contributed by atoms with Crippen molar-refractivity contribution in [3.63, 3.8) is 0 Å². The summed E-state index contributed by atoms with van der Waals surface area (Å²) in [5.74, 6) is 1.08. The van der Waals surface area contributed by atoms with Gasteiger partial charge in [-0.05, 0) is 46.1 Å². The van der Waals surface area contributed by atoms with E-state index >= 15 is 0 Å². The van der Waals surface area contributed by atoms with E-state index in [9.17, 15) is 4.79 Å². The Balaban J connectivity index is 1.69. The standard InChI is InChI=1S/C21H42N6O/c1-4-12-23-20(28)17-27-14-10-18(11-15-27)25-21(22-5-2)24-13-16-26(3)19-8-6-7-9-19/h18-19H,4-17H2,1-3H3,(H,23,28)(H2,22,24,25). The number of aliphatic imine (C=N–C) groups is 1. The van der Waals surface area contributed by atoms with Gasteiger partial charge in [0.25, 0.3) is 0 Å². The maximum Gasteiger partial charge on any atom is 0.234 e. The highest BCUT2D eigenvalue weighted by atomic mass is 16.2. The average Bonchev–Trinajstić information content (AvgIpc) is 3.23. The Morgan fingerprint density at radius 1 is 1.11 bits per heavy atom. The smallest absolute Gasteiger partial charge is 0.234 e. The summed E-state index contributed by atoms with van der Waals surface area (Å²) in [5, 5.41) is 9.95. The van der Waals surface area contributed by atoms with Crippen LogP contribution in [0.4, 0.5) is 0 Å². The van der Waals surface area contributed by atoms with Gasteiger partial charge >= 0.3 is 0 Å². The summed E-state index contributed by atoms with van der Waals surface area (Å²) < 4.78 is 0. The van der Waals surface area contributed by atoms with E-state index in [0.29, 0.717) is 12.6 Å². The quantitative estimate of drug-likeness (QED) is 0.386. The van der Waals surface area contributed by atoms with E-state index in [1.807, 2.05) is 0 Å². The maximum absolute atomic E-state index is 11.9. The van der Waals surface area contributed by atoms with Crippen molar-refractivity contribution in [2.45, 2.75) is 70.9 Å². The fourth-order valence-electron chi connectivity index (χ4n) is 4.12. The molecule has 1 saturated heterocycles. The molecule has 1 aliphatic carbocycles. The summed E-state index contributed by atoms with van der Waals surface area (Å²) in [4.78, 5) is 21.4. The number of piperidine rings is 1. The van der Waals surface area contributed by atoms with E-state index in [-0.39, 0.29) is 5.91 Å². The Kier molecular flexibility index (Phi) is 10.6. The van der Waals surface area contributed by atoms with E-state index in [1.165, 1.54) is 25.7 Å². The summed E-state index contributed by atoms with van der Waals surface area (Å²) in [5.41, 5.74) is 0. The number of hydrogen-bond donors (Lipinski definition) is 3. The number of guanidine groups is 1. The highest BCUT2D eigenvalue weighted by molar-refractivity contribution is 5.80. The van der Waals surface area contributed by atoms with Crippen LogP contribution in [0.1, 0.15) is 58.8 Å². The van der Waals surface area contributed by atoms with Crippen LogP contribution in [0.2, 0.25) is 0 Å². The van der Waals surface area contributed by atoms with E-state index in [1.54, 1.807) is 0 Å². The Morgan fingerprint density at radius 2 is 1.82 bits per heavy atom. The van der Waals surface area contributed by atoms with Crippen LogP contribution in [0.5, 0.6) is 0 Å². The normalized spacial score (nSPS) is 19.9. The van der Waals surface area contributed by atoms with Crippen molar-refractivity contribution in [3.05, 3.63) is 0 Å². The molecule has 0 atom stereocenters. The second kappa shape index (κ2) is 13.0. The second-order valence-corrected chi connectivity index (χ2v) is 8.22. The second-order valence-electron chi connectivity index (χ2n) is 8.22. The third-order valence-corrected chi connectivity index (χ3v) is 5.88. The molecule has 1 saturated carbocycles. The summed E-state index contributed by atoms with van der Waals surface area (Å²) in [6, 6.07) is 1.19. The Hall–Kier alpha value is -1.34. The van der Waals surface area contributed by atoms with E-state index in [0.717, 1.165) is 70.5 Å². The fourth-order valence-corrected chi connectivity index (χ4v) is 4.12. The molecule has 1 aliphatic heterocycles. The Bertz CT molecular complexity index is 470. The first-order valence-electron chi connectivity index (χ1n) is 11.4. The third-order valence-electron chi connectivity index (χ3n) is 5.88. The maximum atomic E-state index is 11.9. The number of carbonyl (C=O) groups is 1. The molecule has 7 heteroatoms. The van der Waals surface area contributed by atoms with Crippen molar-refractivity contribution < 1.29 is 4.79 Å². The predicted octanol–water partition coefficient (Wildman–Crippen LogP) is 1.41. The van der Waals surface area contributed by atoms with Crippen LogP contribution >= 0.6 is 0 Å². The van der Waals surface area contributed by atoms with Gasteiger partial charge in [0.15, 0.2) is 5.96 Å². The molecule has 0 radical (unpaired) electrons. The van der Waals surface area contributed by atoms with Crippen molar-refractivity contribution >= 4 is 11.9 Å². The van der Waals surface area contributed by atoms with Crippen LogP contribution in [0.25, 0.3) is 0 Å². The monoisotopic (exact) mass is 394 g/mol. The zero-order chi connectivity index (χ0) is 20.2. The molecule has 7 nitrogen and oxygen atoms in total. The van der Waals surface area contributed by atoms with Gasteiger partial charge in [-0.15, -0.1) is 0 Å². The zero-order valence-corrected chi connectivity index (χ0v) is 18.3. The van der Waals surface area contributed by atoms with Gasteiger partial charge in [-0.2, -0.15) is 0 Å². The van der Waals surface area contributed by atoms with Crippen LogP contribution in [-0.2, 0) is 4.79 Å². The number of nitrogens with one attached hydrogen (secondary N) is 3. The number of rotatable bonds is 10. The van der Waals surface area contributed by atoms with Gasteiger partial charge in [0.2, 0.25) is 5.91 Å². The lowest BCUT2D eigenvalue weighted by Crippen LogP contribution is -2.50. The number of hydrogen-bond acceptors (Lipinski definition) is 4. The molecule has 0 aromatic carbocycles. The number of carbonyl (C=O) groups excluding carboxylic acids is 1. The molecule has 3 N–H and O–H groups in total. The van der Waals surface area contributed by atoms with Crippen molar-refractivity contribution in [2.75, 3.05) is 52.9 Å². The van der Waals surface area contributed by atoms with E-state index in [4.69, 9.17) is 4.99 Å². The molecule has 0 aromatic rings. The van der Waals surface area contributed by atoms with Gasteiger partial charge in [-0.25, -0.2) is 0 Å². The number of nitrogens with zero attached hydrogens (tertiary/aromatic N) is 3. The van der Waals surface area contributed by atoms with Gasteiger partial charge in [0, 0.05) is 44.8 Å². The minimum absolute atomic E-state index is 0.148. The molecular formula is C21H42N6O. The molecule has 1 amide bonds. The molecule has 2 aliphatic rings. The SMILES string of the molecule is CCCNC(=O)CN1CCC(NC(=NCCN(C)C2CCCC2)NCC)CC1. The summed E-state index contributed by atoms with van der Waals surface area (Å²) >= 11 is 0. The first-order valence-corrected chi connectivity index (χ1v) is 11.4. The van der Waals surface area contributed by atoms with Gasteiger partial charge in [-0.3, -0.25) is 14.7 Å². The fraction of sp³-hybridized carbons (Fsp3) is 0.905. The van der Waals surface area contributed by atoms with Gasteiger partial charge in [0.05, 0.1) is 13.1 Å². The molecule has 0 aromatic heterocycles. The van der Waals surface area contributed by atoms with Gasteiger partial charge in [0.1, 0.15) is 0 Å². The van der Waals surface area contributed by atoms with E-state index in [2.05, 4.69) is 46.6 Å². The lowest BCUT2D eigenvalue weighted by Gasteiger charge is -2.32. The van der Waals surface area contributed by atoms with Crippen LogP contribution in [0, 0.1) is 0 Å². The largest absolute Gasteiger partial charge is 0.357 e. The van der Waals surface area contributed by atoms with Crippen LogP contribution in [0.3, 0.4) is 0 Å². The third kappa shape index (κ3) is 8.35. The lowest BCUT2D eigenvalue weighted by atomic mass is 10.1. The predicted molar refractivity (Wildman–Crippen MR) is 117 cm³/mol. The van der Waals surface area contributed by atoms with Crippen LogP contribution in [0.15, 0.2) is 4.99 Å². The first-order chi connectivity index (χ1) is 13.6. The molecule has 2 fully saturated rings. The Labute approximate surface area is 171 Å². The van der Waals surface area contributed by atoms with Crippen molar-refractivity contribution in [1.29, 1.82) is 0 Å². The van der Waals surface area contributed by atoms with Crippen molar-refractivity contribution in [2.24, 2.45) is 4.99 Å². The van der Waals surface area contributed by atoms with Crippen LogP contribution < -0.4 is 16.0 Å². The topological polar surface area (TPSA) is 72.0 Å². The molecule has 2 rings (SSSR count). The highest BCUT2D eigenvalue weighted by Crippen LogP contribution is 2.21.